The van der Waals surface area contributed by atoms with Gasteiger partial charge in [-0.05, 0) is 36.5 Å². The quantitative estimate of drug-likeness (QED) is 0.745. The summed E-state index contributed by atoms with van der Waals surface area (Å²) in [5.41, 5.74) is 5.17. The first kappa shape index (κ1) is 13.4. The molecule has 3 rings (SSSR count). The summed E-state index contributed by atoms with van der Waals surface area (Å²) in [6, 6.07) is 12.8. The highest BCUT2D eigenvalue weighted by atomic mass is 14.7. The molecule has 1 aliphatic carbocycles. The Balaban J connectivity index is 1.83. The number of hydrogen-bond donors (Lipinski definition) is 0. The molecule has 0 aliphatic heterocycles. The highest BCUT2D eigenvalue weighted by Gasteiger charge is 2.15. The van der Waals surface area contributed by atoms with Crippen molar-refractivity contribution in [3.63, 3.8) is 0 Å². The Morgan fingerprint density at radius 3 is 2.55 bits per heavy atom. The van der Waals surface area contributed by atoms with Crippen molar-refractivity contribution >= 4 is 0 Å². The van der Waals surface area contributed by atoms with Gasteiger partial charge in [0.05, 0.1) is 5.69 Å². The van der Waals surface area contributed by atoms with Gasteiger partial charge in [0.1, 0.15) is 0 Å². The van der Waals surface area contributed by atoms with Crippen molar-refractivity contribution in [2.45, 2.75) is 45.4 Å². The topological polar surface area (TPSA) is 12.9 Å². The molecule has 1 saturated carbocycles. The van der Waals surface area contributed by atoms with Crippen LogP contribution in [0.1, 0.15) is 43.2 Å². The minimum Gasteiger partial charge on any atom is -0.256 e. The van der Waals surface area contributed by atoms with E-state index in [0.29, 0.717) is 0 Å². The Morgan fingerprint density at radius 1 is 1.05 bits per heavy atom. The number of benzene rings is 1. The van der Waals surface area contributed by atoms with Gasteiger partial charge in [-0.15, -0.1) is 0 Å². The minimum absolute atomic E-state index is 0.883. The molecule has 1 aromatic heterocycles. The van der Waals surface area contributed by atoms with Gasteiger partial charge in [0.2, 0.25) is 0 Å². The molecular formula is C19H23N. The third kappa shape index (κ3) is 3.09. The van der Waals surface area contributed by atoms with E-state index in [2.05, 4.69) is 48.3 Å². The summed E-state index contributed by atoms with van der Waals surface area (Å²) < 4.78 is 0. The maximum absolute atomic E-state index is 4.60. The zero-order valence-corrected chi connectivity index (χ0v) is 12.3. The fourth-order valence-corrected chi connectivity index (χ4v) is 3.25. The summed E-state index contributed by atoms with van der Waals surface area (Å²) in [7, 11) is 0. The van der Waals surface area contributed by atoms with Crippen LogP contribution in [0.25, 0.3) is 11.3 Å². The second-order valence-corrected chi connectivity index (χ2v) is 6.07. The van der Waals surface area contributed by atoms with Crippen LogP contribution >= 0.6 is 0 Å². The van der Waals surface area contributed by atoms with Crippen molar-refractivity contribution in [1.82, 2.24) is 4.98 Å². The van der Waals surface area contributed by atoms with Crippen molar-refractivity contribution in [2.24, 2.45) is 5.92 Å². The summed E-state index contributed by atoms with van der Waals surface area (Å²) >= 11 is 0. The van der Waals surface area contributed by atoms with Crippen molar-refractivity contribution in [1.29, 1.82) is 0 Å². The van der Waals surface area contributed by atoms with Crippen LogP contribution in [0, 0.1) is 12.8 Å². The maximum Gasteiger partial charge on any atom is 0.0704 e. The standard InChI is InChI=1S/C19H23N/c1-15-14-20-19(17-10-6-3-7-11-17)13-18(15)12-16-8-4-2-5-9-16/h3,6-7,10-11,13-14,16H,2,4-5,8-9,12H2,1H3. The first-order valence-corrected chi connectivity index (χ1v) is 7.84. The van der Waals surface area contributed by atoms with E-state index in [1.165, 1.54) is 55.2 Å². The van der Waals surface area contributed by atoms with Crippen molar-refractivity contribution < 1.29 is 0 Å². The number of rotatable bonds is 3. The smallest absolute Gasteiger partial charge is 0.0704 e. The van der Waals surface area contributed by atoms with Gasteiger partial charge in [0, 0.05) is 11.8 Å². The van der Waals surface area contributed by atoms with Crippen LogP contribution in [0.15, 0.2) is 42.6 Å². The average Bonchev–Trinajstić information content (AvgIpc) is 2.51. The van der Waals surface area contributed by atoms with E-state index in [4.69, 9.17) is 0 Å². The normalized spacial score (nSPS) is 16.2. The number of aromatic nitrogens is 1. The van der Waals surface area contributed by atoms with Crippen LogP contribution in [-0.4, -0.2) is 4.98 Å². The zero-order chi connectivity index (χ0) is 13.8. The number of aryl methyl sites for hydroxylation is 1. The summed E-state index contributed by atoms with van der Waals surface area (Å²) in [5.74, 6) is 0.883. The van der Waals surface area contributed by atoms with E-state index in [1.807, 2.05) is 6.20 Å². The molecule has 20 heavy (non-hydrogen) atoms. The zero-order valence-electron chi connectivity index (χ0n) is 12.3. The molecule has 1 aromatic carbocycles. The van der Waals surface area contributed by atoms with Crippen molar-refractivity contribution in [3.05, 3.63) is 53.7 Å². The molecule has 104 valence electrons. The van der Waals surface area contributed by atoms with E-state index >= 15 is 0 Å². The van der Waals surface area contributed by atoms with Gasteiger partial charge in [0.25, 0.3) is 0 Å². The molecule has 0 radical (unpaired) electrons. The average molecular weight is 265 g/mol. The van der Waals surface area contributed by atoms with Gasteiger partial charge >= 0.3 is 0 Å². The molecule has 1 heterocycles. The van der Waals surface area contributed by atoms with Crippen LogP contribution < -0.4 is 0 Å². The van der Waals surface area contributed by atoms with Gasteiger partial charge in [-0.1, -0.05) is 62.4 Å². The highest BCUT2D eigenvalue weighted by molar-refractivity contribution is 5.60. The third-order valence-electron chi connectivity index (χ3n) is 4.52. The molecule has 1 fully saturated rings. The first-order valence-electron chi connectivity index (χ1n) is 7.84. The molecule has 1 heteroatoms. The van der Waals surface area contributed by atoms with Gasteiger partial charge < -0.3 is 0 Å². The Bertz CT molecular complexity index is 553. The molecule has 0 amide bonds. The van der Waals surface area contributed by atoms with Crippen LogP contribution in [0.2, 0.25) is 0 Å². The SMILES string of the molecule is Cc1cnc(-c2ccccc2)cc1CC1CCCCC1. The molecule has 0 bridgehead atoms. The molecule has 0 atom stereocenters. The molecule has 0 saturated heterocycles. The predicted molar refractivity (Wildman–Crippen MR) is 84.7 cm³/mol. The van der Waals surface area contributed by atoms with Crippen LogP contribution in [0.4, 0.5) is 0 Å². The van der Waals surface area contributed by atoms with Gasteiger partial charge in [-0.2, -0.15) is 0 Å². The second kappa shape index (κ2) is 6.21. The molecular weight excluding hydrogens is 242 g/mol. The highest BCUT2D eigenvalue weighted by Crippen LogP contribution is 2.29. The molecule has 1 nitrogen and oxygen atoms in total. The summed E-state index contributed by atoms with van der Waals surface area (Å²) in [5, 5.41) is 0. The third-order valence-corrected chi connectivity index (χ3v) is 4.52. The molecule has 0 unspecified atom stereocenters. The lowest BCUT2D eigenvalue weighted by molar-refractivity contribution is 0.356. The molecule has 1 aliphatic rings. The van der Waals surface area contributed by atoms with E-state index in [0.717, 1.165) is 11.6 Å². The number of pyridine rings is 1. The van der Waals surface area contributed by atoms with Gasteiger partial charge in [-0.25, -0.2) is 0 Å². The Kier molecular flexibility index (Phi) is 4.15. The van der Waals surface area contributed by atoms with E-state index in [-0.39, 0.29) is 0 Å². The predicted octanol–water partition coefficient (Wildman–Crippen LogP) is 5.18. The summed E-state index contributed by atoms with van der Waals surface area (Å²) in [6.07, 6.45) is 10.3. The van der Waals surface area contributed by atoms with E-state index < -0.39 is 0 Å². The van der Waals surface area contributed by atoms with E-state index in [9.17, 15) is 0 Å². The molecule has 0 spiro atoms. The van der Waals surface area contributed by atoms with Gasteiger partial charge in [-0.3, -0.25) is 4.98 Å². The lowest BCUT2D eigenvalue weighted by Crippen LogP contribution is -2.10. The summed E-state index contributed by atoms with van der Waals surface area (Å²) in [4.78, 5) is 4.60. The fraction of sp³-hybridized carbons (Fsp3) is 0.421. The monoisotopic (exact) mass is 265 g/mol. The number of hydrogen-bond acceptors (Lipinski definition) is 1. The van der Waals surface area contributed by atoms with Crippen molar-refractivity contribution in [3.8, 4) is 11.3 Å². The van der Waals surface area contributed by atoms with Crippen molar-refractivity contribution in [2.75, 3.05) is 0 Å². The van der Waals surface area contributed by atoms with Crippen LogP contribution in [0.3, 0.4) is 0 Å². The lowest BCUT2D eigenvalue weighted by atomic mass is 9.84. The van der Waals surface area contributed by atoms with Crippen LogP contribution in [0.5, 0.6) is 0 Å². The second-order valence-electron chi connectivity index (χ2n) is 6.07. The van der Waals surface area contributed by atoms with E-state index in [1.54, 1.807) is 0 Å². The largest absolute Gasteiger partial charge is 0.256 e. The number of nitrogens with zero attached hydrogens (tertiary/aromatic N) is 1. The maximum atomic E-state index is 4.60. The first-order chi connectivity index (χ1) is 9.83. The Hall–Kier alpha value is -1.63. The molecule has 0 N–H and O–H groups in total. The fourth-order valence-electron chi connectivity index (χ4n) is 3.25. The molecule has 2 aromatic rings. The van der Waals surface area contributed by atoms with Crippen LogP contribution in [-0.2, 0) is 6.42 Å². The Labute approximate surface area is 122 Å². The summed E-state index contributed by atoms with van der Waals surface area (Å²) in [6.45, 7) is 2.19. The Morgan fingerprint density at radius 2 is 1.80 bits per heavy atom. The van der Waals surface area contributed by atoms with Gasteiger partial charge in [0.15, 0.2) is 0 Å². The minimum atomic E-state index is 0.883. The lowest BCUT2D eigenvalue weighted by Gasteiger charge is -2.22.